The maximum absolute atomic E-state index is 10.1. The van der Waals surface area contributed by atoms with Crippen molar-refractivity contribution >= 4 is 0 Å². The molecule has 2 aliphatic rings. The van der Waals surface area contributed by atoms with E-state index in [-0.39, 0.29) is 6.10 Å². The molecule has 1 aliphatic carbocycles. The first-order valence-corrected chi connectivity index (χ1v) is 7.02. The molecule has 4 heteroatoms. The van der Waals surface area contributed by atoms with Crippen molar-refractivity contribution in [2.45, 2.75) is 50.8 Å². The van der Waals surface area contributed by atoms with Gasteiger partial charge >= 0.3 is 0 Å². The maximum atomic E-state index is 10.1. The lowest BCUT2D eigenvalue weighted by molar-refractivity contribution is 0.0709. The highest BCUT2D eigenvalue weighted by molar-refractivity contribution is 4.95. The normalized spacial score (nSPS) is 33.1. The van der Waals surface area contributed by atoms with Crippen LogP contribution in [0.25, 0.3) is 0 Å². The fourth-order valence-corrected chi connectivity index (χ4v) is 3.54. The second-order valence-corrected chi connectivity index (χ2v) is 5.51. The van der Waals surface area contributed by atoms with Crippen LogP contribution >= 0.6 is 0 Å². The minimum Gasteiger partial charge on any atom is -0.393 e. The molecule has 3 atom stereocenters. The Kier molecular flexibility index (Phi) is 3.57. The number of nitrogens with zero attached hydrogens (tertiary/aromatic N) is 3. The first-order chi connectivity index (χ1) is 8.84. The highest BCUT2D eigenvalue weighted by Gasteiger charge is 2.38. The molecule has 3 unspecified atom stereocenters. The van der Waals surface area contributed by atoms with Gasteiger partial charge in [0.25, 0.3) is 0 Å². The summed E-state index contributed by atoms with van der Waals surface area (Å²) in [7, 11) is 0. The van der Waals surface area contributed by atoms with Gasteiger partial charge in [0.15, 0.2) is 0 Å². The highest BCUT2D eigenvalue weighted by atomic mass is 16.3. The molecule has 18 heavy (non-hydrogen) atoms. The minimum absolute atomic E-state index is 0.0905. The van der Waals surface area contributed by atoms with Crippen molar-refractivity contribution in [3.8, 4) is 0 Å². The smallest absolute Gasteiger partial charge is 0.142 e. The molecule has 1 aromatic heterocycles. The highest BCUT2D eigenvalue weighted by Crippen LogP contribution is 2.36. The lowest BCUT2D eigenvalue weighted by atomic mass is 9.94. The molecule has 1 saturated heterocycles. The van der Waals surface area contributed by atoms with Crippen molar-refractivity contribution in [3.63, 3.8) is 0 Å². The zero-order valence-electron chi connectivity index (χ0n) is 10.7. The summed E-state index contributed by atoms with van der Waals surface area (Å²) < 4.78 is 0. The first kappa shape index (κ1) is 12.1. The molecule has 3 rings (SSSR count). The Bertz CT molecular complexity index is 384. The Balaban J connectivity index is 1.68. The SMILES string of the molecule is OC1CCCC1C1CCCN1Cc1ncccn1. The van der Waals surface area contributed by atoms with Crippen LogP contribution < -0.4 is 0 Å². The number of aliphatic hydroxyl groups is 1. The quantitative estimate of drug-likeness (QED) is 0.881. The van der Waals surface area contributed by atoms with E-state index in [1.165, 1.54) is 25.7 Å². The summed E-state index contributed by atoms with van der Waals surface area (Å²) in [6.07, 6.45) is 9.31. The Labute approximate surface area is 108 Å². The third-order valence-electron chi connectivity index (χ3n) is 4.40. The first-order valence-electron chi connectivity index (χ1n) is 7.02. The van der Waals surface area contributed by atoms with Crippen LogP contribution in [0.3, 0.4) is 0 Å². The Morgan fingerprint density at radius 3 is 2.72 bits per heavy atom. The fraction of sp³-hybridized carbons (Fsp3) is 0.714. The van der Waals surface area contributed by atoms with E-state index in [1.54, 1.807) is 12.4 Å². The van der Waals surface area contributed by atoms with Crippen molar-refractivity contribution in [1.82, 2.24) is 14.9 Å². The molecule has 2 heterocycles. The summed E-state index contributed by atoms with van der Waals surface area (Å²) in [5.74, 6) is 1.37. The summed E-state index contributed by atoms with van der Waals surface area (Å²) in [5, 5.41) is 10.1. The van der Waals surface area contributed by atoms with Crippen LogP contribution in [-0.4, -0.2) is 38.7 Å². The van der Waals surface area contributed by atoms with E-state index in [0.717, 1.165) is 25.3 Å². The molecule has 0 radical (unpaired) electrons. The number of hydrogen-bond acceptors (Lipinski definition) is 4. The van der Waals surface area contributed by atoms with E-state index >= 15 is 0 Å². The van der Waals surface area contributed by atoms with Crippen molar-refractivity contribution < 1.29 is 5.11 Å². The van der Waals surface area contributed by atoms with E-state index in [9.17, 15) is 5.11 Å². The summed E-state index contributed by atoms with van der Waals surface area (Å²) >= 11 is 0. The van der Waals surface area contributed by atoms with Crippen LogP contribution in [0.5, 0.6) is 0 Å². The molecule has 4 nitrogen and oxygen atoms in total. The summed E-state index contributed by atoms with van der Waals surface area (Å²) in [6, 6.07) is 2.39. The average Bonchev–Trinajstić information content (AvgIpc) is 2.99. The molecule has 1 saturated carbocycles. The predicted molar refractivity (Wildman–Crippen MR) is 68.8 cm³/mol. The van der Waals surface area contributed by atoms with Gasteiger partial charge in [0.2, 0.25) is 0 Å². The van der Waals surface area contributed by atoms with Crippen LogP contribution in [0.2, 0.25) is 0 Å². The number of aliphatic hydroxyl groups excluding tert-OH is 1. The van der Waals surface area contributed by atoms with Gasteiger partial charge < -0.3 is 5.11 Å². The number of rotatable bonds is 3. The Hall–Kier alpha value is -1.00. The van der Waals surface area contributed by atoms with Crippen molar-refractivity contribution in [3.05, 3.63) is 24.3 Å². The van der Waals surface area contributed by atoms with Crippen LogP contribution in [-0.2, 0) is 6.54 Å². The van der Waals surface area contributed by atoms with E-state index in [2.05, 4.69) is 14.9 Å². The third-order valence-corrected chi connectivity index (χ3v) is 4.40. The molecule has 2 fully saturated rings. The van der Waals surface area contributed by atoms with E-state index < -0.39 is 0 Å². The number of aromatic nitrogens is 2. The molecule has 0 aromatic carbocycles. The molecule has 1 aliphatic heterocycles. The molecular formula is C14H21N3O. The monoisotopic (exact) mass is 247 g/mol. The molecule has 1 N–H and O–H groups in total. The lowest BCUT2D eigenvalue weighted by Crippen LogP contribution is -2.38. The largest absolute Gasteiger partial charge is 0.393 e. The van der Waals surface area contributed by atoms with Gasteiger partial charge in [-0.05, 0) is 38.3 Å². The third kappa shape index (κ3) is 2.40. The van der Waals surface area contributed by atoms with E-state index in [0.29, 0.717) is 12.0 Å². The zero-order valence-corrected chi connectivity index (χ0v) is 10.7. The van der Waals surface area contributed by atoms with Gasteiger partial charge in [0.05, 0.1) is 12.6 Å². The van der Waals surface area contributed by atoms with Crippen LogP contribution in [0.15, 0.2) is 18.5 Å². The molecular weight excluding hydrogens is 226 g/mol. The van der Waals surface area contributed by atoms with Gasteiger partial charge in [-0.25, -0.2) is 9.97 Å². The molecule has 1 aromatic rings. The summed E-state index contributed by atoms with van der Waals surface area (Å²) in [4.78, 5) is 11.1. The van der Waals surface area contributed by atoms with Gasteiger partial charge in [-0.15, -0.1) is 0 Å². The van der Waals surface area contributed by atoms with E-state index in [1.807, 2.05) is 6.07 Å². The molecule has 0 bridgehead atoms. The maximum Gasteiger partial charge on any atom is 0.142 e. The van der Waals surface area contributed by atoms with Gasteiger partial charge in [0.1, 0.15) is 5.82 Å². The van der Waals surface area contributed by atoms with Gasteiger partial charge in [-0.3, -0.25) is 4.90 Å². The average molecular weight is 247 g/mol. The van der Waals surface area contributed by atoms with Crippen LogP contribution in [0.1, 0.15) is 37.9 Å². The standard InChI is InChI=1S/C14H21N3O/c18-13-6-1-4-11(13)12-5-2-9-17(12)10-14-15-7-3-8-16-14/h3,7-8,11-13,18H,1-2,4-6,9-10H2. The minimum atomic E-state index is -0.0905. The topological polar surface area (TPSA) is 49.2 Å². The molecule has 0 spiro atoms. The van der Waals surface area contributed by atoms with Crippen molar-refractivity contribution in [2.24, 2.45) is 5.92 Å². The van der Waals surface area contributed by atoms with Crippen molar-refractivity contribution in [1.29, 1.82) is 0 Å². The number of hydrogen-bond donors (Lipinski definition) is 1. The van der Waals surface area contributed by atoms with Crippen LogP contribution in [0, 0.1) is 5.92 Å². The second-order valence-electron chi connectivity index (χ2n) is 5.51. The second kappa shape index (κ2) is 5.33. The van der Waals surface area contributed by atoms with Crippen LogP contribution in [0.4, 0.5) is 0 Å². The summed E-state index contributed by atoms with van der Waals surface area (Å²) in [6.45, 7) is 1.95. The number of likely N-dealkylation sites (tertiary alicyclic amines) is 1. The Morgan fingerprint density at radius 2 is 2.00 bits per heavy atom. The predicted octanol–water partition coefficient (Wildman–Crippen LogP) is 1.60. The van der Waals surface area contributed by atoms with Gasteiger partial charge in [-0.1, -0.05) is 6.42 Å². The molecule has 0 amide bonds. The van der Waals surface area contributed by atoms with Gasteiger partial charge in [0, 0.05) is 24.4 Å². The molecule has 98 valence electrons. The van der Waals surface area contributed by atoms with E-state index in [4.69, 9.17) is 0 Å². The zero-order chi connectivity index (χ0) is 12.4. The summed E-state index contributed by atoms with van der Waals surface area (Å²) in [5.41, 5.74) is 0. The Morgan fingerprint density at radius 1 is 1.17 bits per heavy atom. The van der Waals surface area contributed by atoms with Crippen molar-refractivity contribution in [2.75, 3.05) is 6.54 Å². The lowest BCUT2D eigenvalue weighted by Gasteiger charge is -2.30. The fourth-order valence-electron chi connectivity index (χ4n) is 3.54. The van der Waals surface area contributed by atoms with Gasteiger partial charge in [-0.2, -0.15) is 0 Å².